The van der Waals surface area contributed by atoms with Crippen LogP contribution in [0.25, 0.3) is 22.3 Å². The summed E-state index contributed by atoms with van der Waals surface area (Å²) in [5.74, 6) is -3.10. The summed E-state index contributed by atoms with van der Waals surface area (Å²) in [6, 6.07) is 27.6. The molecule has 0 saturated heterocycles. The molecule has 0 saturated carbocycles. The highest BCUT2D eigenvalue weighted by Crippen LogP contribution is 2.34. The van der Waals surface area contributed by atoms with Crippen molar-refractivity contribution in [2.75, 3.05) is 13.1 Å². The highest BCUT2D eigenvalue weighted by atomic mass is 16.2. The maximum absolute atomic E-state index is 14.2. The molecule has 0 aromatic heterocycles. The van der Waals surface area contributed by atoms with Gasteiger partial charge < -0.3 is 49.5 Å². The molecule has 348 valence electrons. The first-order valence-electron chi connectivity index (χ1n) is 22.1. The first-order valence-corrected chi connectivity index (χ1v) is 22.1. The van der Waals surface area contributed by atoms with Gasteiger partial charge in [0.25, 0.3) is 0 Å². The van der Waals surface area contributed by atoms with Crippen LogP contribution in [0.5, 0.6) is 0 Å². The van der Waals surface area contributed by atoms with E-state index in [9.17, 15) is 19.2 Å². The fourth-order valence-corrected chi connectivity index (χ4v) is 7.19. The van der Waals surface area contributed by atoms with Gasteiger partial charge in [-0.2, -0.15) is 0 Å². The Morgan fingerprint density at radius 1 is 0.523 bits per heavy atom. The number of carbonyl (C=O) groups is 4. The summed E-state index contributed by atoms with van der Waals surface area (Å²) in [5.41, 5.74) is 31.1. The Bertz CT molecular complexity index is 2220. The molecule has 0 aliphatic heterocycles. The second-order valence-corrected chi connectivity index (χ2v) is 18.6. The van der Waals surface area contributed by atoms with Gasteiger partial charge in [-0.1, -0.05) is 139 Å². The maximum Gasteiger partial charge on any atom is 0.243 e. The topological polar surface area (TPSA) is 280 Å². The van der Waals surface area contributed by atoms with Crippen molar-refractivity contribution in [3.8, 4) is 22.3 Å². The van der Waals surface area contributed by atoms with Crippen LogP contribution in [0, 0.1) is 10.8 Å². The molecule has 0 spiro atoms. The maximum atomic E-state index is 14.2. The highest BCUT2D eigenvalue weighted by molar-refractivity contribution is 5.95. The lowest BCUT2D eigenvalue weighted by Gasteiger charge is -2.26. The molecule has 0 fully saturated rings. The van der Waals surface area contributed by atoms with Crippen molar-refractivity contribution in [3.63, 3.8) is 0 Å². The highest BCUT2D eigenvalue weighted by Gasteiger charge is 2.30. The van der Waals surface area contributed by atoms with Gasteiger partial charge in [0, 0.05) is 19.5 Å². The summed E-state index contributed by atoms with van der Waals surface area (Å²) in [6.07, 6.45) is 1.21. The van der Waals surface area contributed by atoms with Gasteiger partial charge >= 0.3 is 0 Å². The van der Waals surface area contributed by atoms with E-state index in [2.05, 4.69) is 86.3 Å². The van der Waals surface area contributed by atoms with Crippen LogP contribution >= 0.6 is 0 Å². The van der Waals surface area contributed by atoms with E-state index in [0.717, 1.165) is 33.4 Å². The van der Waals surface area contributed by atoms with E-state index in [-0.39, 0.29) is 61.5 Å². The van der Waals surface area contributed by atoms with Crippen LogP contribution < -0.4 is 49.5 Å². The minimum absolute atomic E-state index is 0.0404. The number of rotatable bonds is 21. The molecular formula is C50H69N11O4. The van der Waals surface area contributed by atoms with Gasteiger partial charge in [-0.3, -0.25) is 30.0 Å². The molecule has 4 rings (SSSR count). The van der Waals surface area contributed by atoms with Gasteiger partial charge in [0.1, 0.15) is 18.1 Å². The molecule has 4 atom stereocenters. The molecule has 15 heteroatoms. The van der Waals surface area contributed by atoms with Crippen LogP contribution in [-0.4, -0.2) is 72.8 Å². The second-order valence-electron chi connectivity index (χ2n) is 18.6. The third-order valence-electron chi connectivity index (χ3n) is 11.1. The lowest BCUT2D eigenvalue weighted by Crippen LogP contribution is -2.58. The number of carbonyl (C=O) groups excluding carboxylic acids is 4. The minimum Gasteiger partial charge on any atom is -0.370 e. The van der Waals surface area contributed by atoms with Crippen molar-refractivity contribution in [1.82, 2.24) is 26.6 Å². The van der Waals surface area contributed by atoms with Gasteiger partial charge in [-0.05, 0) is 87.4 Å². The smallest absolute Gasteiger partial charge is 0.243 e. The quantitative estimate of drug-likeness (QED) is 0.0325. The predicted octanol–water partition coefficient (Wildman–Crippen LogP) is 4.19. The first-order chi connectivity index (χ1) is 30.6. The average Bonchev–Trinajstić information content (AvgIpc) is 3.25. The first kappa shape index (κ1) is 50.9. The second kappa shape index (κ2) is 23.3. The van der Waals surface area contributed by atoms with Gasteiger partial charge in [0.05, 0.1) is 6.04 Å². The number of benzene rings is 4. The SMILES string of the molecule is CC(C)(C)c1cc(-c2ccc(C[C@H](N)C(=O)N[C@@H](CCCNC(=N)N)C(=O)N[C@@H](Cc3ccc(-c4ccccc4)cc3)C(=O)N[C@@H](CCCNC(=N)N)C(N)=O)cc2)cc(C(C)(C)C)c1. The number of hydrogen-bond donors (Lipinski definition) is 11. The van der Waals surface area contributed by atoms with E-state index in [1.54, 1.807) is 0 Å². The van der Waals surface area contributed by atoms with Crippen molar-refractivity contribution < 1.29 is 19.2 Å². The van der Waals surface area contributed by atoms with Crippen molar-refractivity contribution in [2.24, 2.45) is 22.9 Å². The monoisotopic (exact) mass is 888 g/mol. The van der Waals surface area contributed by atoms with E-state index in [0.29, 0.717) is 12.8 Å². The molecule has 0 bridgehead atoms. The lowest BCUT2D eigenvalue weighted by atomic mass is 9.79. The number of hydrogen-bond acceptors (Lipinski definition) is 7. The Morgan fingerprint density at radius 2 is 0.938 bits per heavy atom. The fraction of sp³-hybridized carbons (Fsp3) is 0.400. The number of primary amides is 1. The summed E-state index contributed by atoms with van der Waals surface area (Å²) in [5, 5.41) is 28.6. The van der Waals surface area contributed by atoms with Gasteiger partial charge in [0.15, 0.2) is 11.9 Å². The molecule has 4 aromatic carbocycles. The Balaban J connectivity index is 1.54. The molecular weight excluding hydrogens is 819 g/mol. The average molecular weight is 888 g/mol. The molecule has 0 radical (unpaired) electrons. The Hall–Kier alpha value is -6.74. The van der Waals surface area contributed by atoms with Crippen LogP contribution in [0.3, 0.4) is 0 Å². The Labute approximate surface area is 383 Å². The van der Waals surface area contributed by atoms with E-state index in [1.165, 1.54) is 11.1 Å². The zero-order valence-corrected chi connectivity index (χ0v) is 38.6. The zero-order chi connectivity index (χ0) is 47.9. The van der Waals surface area contributed by atoms with Crippen LogP contribution in [0.15, 0.2) is 97.1 Å². The van der Waals surface area contributed by atoms with E-state index in [1.807, 2.05) is 78.9 Å². The zero-order valence-electron chi connectivity index (χ0n) is 38.6. The predicted molar refractivity (Wildman–Crippen MR) is 260 cm³/mol. The molecule has 4 aromatic rings. The Kier molecular flexibility index (Phi) is 18.2. The summed E-state index contributed by atoms with van der Waals surface area (Å²) < 4.78 is 0. The van der Waals surface area contributed by atoms with Crippen molar-refractivity contribution in [2.45, 2.75) is 115 Å². The van der Waals surface area contributed by atoms with Gasteiger partial charge in [-0.25, -0.2) is 0 Å². The van der Waals surface area contributed by atoms with E-state index in [4.69, 9.17) is 33.8 Å². The molecule has 15 N–H and O–H groups in total. The van der Waals surface area contributed by atoms with Gasteiger partial charge in [0.2, 0.25) is 23.6 Å². The number of guanidine groups is 2. The molecule has 4 amide bonds. The summed E-state index contributed by atoms with van der Waals surface area (Å²) in [7, 11) is 0. The fourth-order valence-electron chi connectivity index (χ4n) is 7.19. The van der Waals surface area contributed by atoms with Crippen molar-refractivity contribution >= 4 is 35.5 Å². The molecule has 0 unspecified atom stereocenters. The molecule has 0 heterocycles. The van der Waals surface area contributed by atoms with Crippen LogP contribution in [-0.2, 0) is 42.8 Å². The molecule has 15 nitrogen and oxygen atoms in total. The van der Waals surface area contributed by atoms with E-state index < -0.39 is 47.8 Å². The minimum atomic E-state index is -1.19. The van der Waals surface area contributed by atoms with Gasteiger partial charge in [-0.15, -0.1) is 0 Å². The van der Waals surface area contributed by atoms with E-state index >= 15 is 0 Å². The summed E-state index contributed by atoms with van der Waals surface area (Å²) in [4.78, 5) is 54.4. The third kappa shape index (κ3) is 16.4. The number of nitrogens with one attached hydrogen (secondary N) is 7. The lowest BCUT2D eigenvalue weighted by molar-refractivity contribution is -0.133. The summed E-state index contributed by atoms with van der Waals surface area (Å²) in [6.45, 7) is 13.7. The van der Waals surface area contributed by atoms with Crippen LogP contribution in [0.1, 0.15) is 89.5 Å². The molecule has 0 aliphatic rings. The largest absolute Gasteiger partial charge is 0.370 e. The number of amides is 4. The normalized spacial score (nSPS) is 13.3. The van der Waals surface area contributed by atoms with Crippen molar-refractivity contribution in [3.05, 3.63) is 119 Å². The molecule has 0 aliphatic carbocycles. The van der Waals surface area contributed by atoms with Crippen LogP contribution in [0.2, 0.25) is 0 Å². The van der Waals surface area contributed by atoms with Crippen LogP contribution in [0.4, 0.5) is 0 Å². The Morgan fingerprint density at radius 3 is 1.42 bits per heavy atom. The third-order valence-corrected chi connectivity index (χ3v) is 11.1. The summed E-state index contributed by atoms with van der Waals surface area (Å²) >= 11 is 0. The van der Waals surface area contributed by atoms with Crippen molar-refractivity contribution in [1.29, 1.82) is 10.8 Å². The number of nitrogens with two attached hydrogens (primary N) is 4. The molecule has 65 heavy (non-hydrogen) atoms. The standard InChI is InChI=1S/C50H69N11O4/c1-49(2,3)37-28-36(29-38(30-37)50(4,5)6)35-22-16-31(17-23-35)26-39(51)44(63)60-41(15-11-25-58-48(55)56)45(64)61-42(46(65)59-40(43(52)62)14-10-24-57-47(53)54)27-32-18-20-34(21-19-32)33-12-8-7-9-13-33/h7-9,12-13,16-23,28-30,39-42H,10-11,14-15,24-27,51H2,1-6H3,(H2,52,62)(H,59,65)(H,60,63)(H,61,64)(H4,53,54,57)(H4,55,56,58)/t39-,40-,41-,42-/m0/s1.